The second-order valence-electron chi connectivity index (χ2n) is 8.03. The quantitative estimate of drug-likeness (QED) is 0.314. The summed E-state index contributed by atoms with van der Waals surface area (Å²) in [5.41, 5.74) is 1.26. The number of hydrogen-bond donors (Lipinski definition) is 1. The van der Waals surface area contributed by atoms with Crippen molar-refractivity contribution < 1.29 is 19.7 Å². The Bertz CT molecular complexity index is 1370. The number of phenols is 1. The standard InChI is InChI=1S/C15H17N3O3.C9H6N2O3/c19-18(20)13-9-12-10-14(3-4-15(12)16-11-13)21-8-7-17-5-1-2-6-17;12-8-1-2-9-6(4-8)3-7(5-10-9)11(13)14/h3-4,9-11H,1-2,5-8H2;1-5,12H. The maximum absolute atomic E-state index is 10.8. The maximum atomic E-state index is 10.8. The van der Waals surface area contributed by atoms with Crippen LogP contribution in [0, 0.1) is 20.2 Å². The average Bonchev–Trinajstić information content (AvgIpc) is 3.37. The third-order valence-corrected chi connectivity index (χ3v) is 5.59. The number of aromatic nitrogens is 2. The van der Waals surface area contributed by atoms with E-state index in [4.69, 9.17) is 9.84 Å². The van der Waals surface area contributed by atoms with Gasteiger partial charge >= 0.3 is 0 Å². The SMILES string of the molecule is O=[N+]([O-])c1cnc2ccc(O)cc2c1.O=[N+]([O-])c1cnc2ccc(OCCN3CCCC3)cc2c1. The predicted octanol–water partition coefficient (Wildman–Crippen LogP) is 4.47. The molecule has 4 aromatic rings. The Balaban J connectivity index is 0.000000179. The number of benzene rings is 2. The molecule has 0 radical (unpaired) electrons. The molecule has 0 bridgehead atoms. The lowest BCUT2D eigenvalue weighted by Crippen LogP contribution is -2.25. The highest BCUT2D eigenvalue weighted by Crippen LogP contribution is 2.23. The van der Waals surface area contributed by atoms with Crippen molar-refractivity contribution in [3.63, 3.8) is 0 Å². The van der Waals surface area contributed by atoms with Gasteiger partial charge < -0.3 is 9.84 Å². The van der Waals surface area contributed by atoms with Crippen LogP contribution in [-0.4, -0.2) is 56.1 Å². The molecule has 0 saturated carbocycles. The van der Waals surface area contributed by atoms with E-state index in [1.165, 1.54) is 49.5 Å². The first-order chi connectivity index (χ1) is 16.9. The van der Waals surface area contributed by atoms with Gasteiger partial charge in [-0.2, -0.15) is 0 Å². The van der Waals surface area contributed by atoms with Crippen molar-refractivity contribution >= 4 is 33.2 Å². The Hall–Kier alpha value is -4.38. The Labute approximate surface area is 199 Å². The van der Waals surface area contributed by atoms with Crippen molar-refractivity contribution in [3.8, 4) is 11.5 Å². The first kappa shape index (κ1) is 23.8. The van der Waals surface area contributed by atoms with Gasteiger partial charge in [0.1, 0.15) is 30.5 Å². The molecule has 1 N–H and O–H groups in total. The van der Waals surface area contributed by atoms with Crippen LogP contribution in [0.3, 0.4) is 0 Å². The maximum Gasteiger partial charge on any atom is 0.288 e. The molecule has 11 nitrogen and oxygen atoms in total. The van der Waals surface area contributed by atoms with Crippen molar-refractivity contribution in [2.75, 3.05) is 26.2 Å². The van der Waals surface area contributed by atoms with Crippen molar-refractivity contribution in [2.45, 2.75) is 12.8 Å². The fourth-order valence-electron chi connectivity index (χ4n) is 3.79. The molecule has 3 heterocycles. The minimum atomic E-state index is -0.517. The largest absolute Gasteiger partial charge is 0.508 e. The van der Waals surface area contributed by atoms with Gasteiger partial charge in [-0.1, -0.05) is 0 Å². The molecule has 0 aliphatic carbocycles. The number of aromatic hydroxyl groups is 1. The van der Waals surface area contributed by atoms with E-state index in [0.29, 0.717) is 17.5 Å². The van der Waals surface area contributed by atoms with Gasteiger partial charge in [-0.25, -0.2) is 9.97 Å². The molecule has 1 aliphatic heterocycles. The minimum Gasteiger partial charge on any atom is -0.508 e. The Morgan fingerprint density at radius 1 is 0.857 bits per heavy atom. The van der Waals surface area contributed by atoms with Gasteiger partial charge in [0, 0.05) is 29.4 Å². The lowest BCUT2D eigenvalue weighted by Gasteiger charge is -2.15. The number of phenolic OH excluding ortho intramolecular Hbond substituents is 1. The van der Waals surface area contributed by atoms with E-state index >= 15 is 0 Å². The van der Waals surface area contributed by atoms with Crippen LogP contribution in [0.2, 0.25) is 0 Å². The van der Waals surface area contributed by atoms with Crippen LogP contribution in [0.15, 0.2) is 60.9 Å². The topological polar surface area (TPSA) is 145 Å². The number of rotatable bonds is 6. The molecule has 0 spiro atoms. The average molecular weight is 477 g/mol. The van der Waals surface area contributed by atoms with E-state index in [1.54, 1.807) is 12.1 Å². The predicted molar refractivity (Wildman–Crippen MR) is 130 cm³/mol. The lowest BCUT2D eigenvalue weighted by molar-refractivity contribution is -0.385. The molecule has 11 heteroatoms. The third-order valence-electron chi connectivity index (χ3n) is 5.59. The van der Waals surface area contributed by atoms with Gasteiger partial charge in [0.15, 0.2) is 0 Å². The van der Waals surface area contributed by atoms with E-state index in [1.807, 2.05) is 12.1 Å². The van der Waals surface area contributed by atoms with Crippen molar-refractivity contribution in [1.82, 2.24) is 14.9 Å². The Kier molecular flexibility index (Phi) is 7.27. The van der Waals surface area contributed by atoms with Crippen LogP contribution >= 0.6 is 0 Å². The van der Waals surface area contributed by atoms with Crippen molar-refractivity contribution in [2.24, 2.45) is 0 Å². The second kappa shape index (κ2) is 10.7. The summed E-state index contributed by atoms with van der Waals surface area (Å²) in [6, 6.07) is 12.9. The van der Waals surface area contributed by atoms with Crippen LogP contribution in [0.5, 0.6) is 11.5 Å². The molecule has 1 fully saturated rings. The van der Waals surface area contributed by atoms with Crippen LogP contribution in [0.4, 0.5) is 11.4 Å². The van der Waals surface area contributed by atoms with Crippen LogP contribution in [0.25, 0.3) is 21.8 Å². The monoisotopic (exact) mass is 477 g/mol. The smallest absolute Gasteiger partial charge is 0.288 e. The van der Waals surface area contributed by atoms with Gasteiger partial charge in [-0.15, -0.1) is 0 Å². The zero-order valence-electron chi connectivity index (χ0n) is 18.7. The summed E-state index contributed by atoms with van der Waals surface area (Å²) in [6.45, 7) is 3.85. The Morgan fingerprint density at radius 2 is 1.43 bits per heavy atom. The van der Waals surface area contributed by atoms with Crippen LogP contribution in [0.1, 0.15) is 12.8 Å². The number of likely N-dealkylation sites (tertiary alicyclic amines) is 1. The molecular weight excluding hydrogens is 454 g/mol. The fourth-order valence-corrected chi connectivity index (χ4v) is 3.79. The number of fused-ring (bicyclic) bond motifs is 2. The molecule has 1 saturated heterocycles. The molecular formula is C24H23N5O6. The highest BCUT2D eigenvalue weighted by Gasteiger charge is 2.12. The van der Waals surface area contributed by atoms with E-state index < -0.39 is 9.85 Å². The molecule has 2 aromatic carbocycles. The molecule has 1 aliphatic rings. The molecule has 0 amide bonds. The first-order valence-corrected chi connectivity index (χ1v) is 11.0. The highest BCUT2D eigenvalue weighted by molar-refractivity contribution is 5.82. The molecule has 35 heavy (non-hydrogen) atoms. The number of ether oxygens (including phenoxy) is 1. The summed E-state index contributed by atoms with van der Waals surface area (Å²) in [6.07, 6.45) is 5.01. The van der Waals surface area contributed by atoms with E-state index in [0.717, 1.165) is 36.3 Å². The molecule has 5 rings (SSSR count). The highest BCUT2D eigenvalue weighted by atomic mass is 16.6. The lowest BCUT2D eigenvalue weighted by atomic mass is 10.2. The molecule has 180 valence electrons. The van der Waals surface area contributed by atoms with Crippen molar-refractivity contribution in [3.05, 3.63) is 81.2 Å². The van der Waals surface area contributed by atoms with Gasteiger partial charge in [0.25, 0.3) is 11.4 Å². The van der Waals surface area contributed by atoms with Crippen molar-refractivity contribution in [1.29, 1.82) is 0 Å². The molecule has 0 unspecified atom stereocenters. The Morgan fingerprint density at radius 3 is 2.03 bits per heavy atom. The van der Waals surface area contributed by atoms with E-state index in [2.05, 4.69) is 14.9 Å². The number of nitrogens with zero attached hydrogens (tertiary/aromatic N) is 5. The number of pyridine rings is 2. The second-order valence-corrected chi connectivity index (χ2v) is 8.03. The normalized spacial score (nSPS) is 13.4. The summed E-state index contributed by atoms with van der Waals surface area (Å²) in [5, 5.41) is 31.7. The van der Waals surface area contributed by atoms with Gasteiger partial charge in [0.05, 0.1) is 20.9 Å². The van der Waals surface area contributed by atoms with E-state index in [-0.39, 0.29) is 17.1 Å². The zero-order chi connectivity index (χ0) is 24.8. The summed E-state index contributed by atoms with van der Waals surface area (Å²) >= 11 is 0. The van der Waals surface area contributed by atoms with Gasteiger partial charge in [-0.05, 0) is 62.3 Å². The number of nitro groups is 2. The van der Waals surface area contributed by atoms with E-state index in [9.17, 15) is 20.2 Å². The van der Waals surface area contributed by atoms with Crippen LogP contribution < -0.4 is 4.74 Å². The van der Waals surface area contributed by atoms with Crippen LogP contribution in [-0.2, 0) is 0 Å². The third kappa shape index (κ3) is 6.15. The summed E-state index contributed by atoms with van der Waals surface area (Å²) < 4.78 is 5.74. The first-order valence-electron chi connectivity index (χ1n) is 11.0. The minimum absolute atomic E-state index is 0.00304. The summed E-state index contributed by atoms with van der Waals surface area (Å²) in [4.78, 5) is 30.6. The van der Waals surface area contributed by atoms with Gasteiger partial charge in [-0.3, -0.25) is 25.1 Å². The summed E-state index contributed by atoms with van der Waals surface area (Å²) in [7, 11) is 0. The summed E-state index contributed by atoms with van der Waals surface area (Å²) in [5.74, 6) is 0.795. The molecule has 2 aromatic heterocycles. The van der Waals surface area contributed by atoms with Gasteiger partial charge in [0.2, 0.25) is 0 Å². The number of hydrogen-bond acceptors (Lipinski definition) is 9. The fraction of sp³-hybridized carbons (Fsp3) is 0.250. The zero-order valence-corrected chi connectivity index (χ0v) is 18.7. The molecule has 0 atom stereocenters.